The number of thiophene rings is 1. The Balaban J connectivity index is 1.88. The summed E-state index contributed by atoms with van der Waals surface area (Å²) in [4.78, 5) is 7.52. The maximum absolute atomic E-state index is 6.60. The summed E-state index contributed by atoms with van der Waals surface area (Å²) in [6.45, 7) is 2.09. The predicted molar refractivity (Wildman–Crippen MR) is 94.7 cm³/mol. The maximum Gasteiger partial charge on any atom is 0.126 e. The van der Waals surface area contributed by atoms with Crippen molar-refractivity contribution in [3.05, 3.63) is 57.6 Å². The summed E-state index contributed by atoms with van der Waals surface area (Å²) in [6, 6.07) is 10.5. The molecule has 2 heterocycles. The van der Waals surface area contributed by atoms with Gasteiger partial charge < -0.3 is 5.73 Å². The van der Waals surface area contributed by atoms with E-state index >= 15 is 0 Å². The van der Waals surface area contributed by atoms with E-state index in [0.29, 0.717) is 0 Å². The molecule has 0 unspecified atom stereocenters. The van der Waals surface area contributed by atoms with E-state index in [9.17, 15) is 0 Å². The zero-order valence-corrected chi connectivity index (χ0v) is 13.7. The van der Waals surface area contributed by atoms with Crippen molar-refractivity contribution in [1.82, 2.24) is 4.98 Å². The monoisotopic (exact) mass is 308 g/mol. The fraction of sp³-hybridized carbons (Fsp3) is 0.316. The molecule has 0 radical (unpaired) electrons. The van der Waals surface area contributed by atoms with Gasteiger partial charge in [-0.05, 0) is 43.7 Å². The summed E-state index contributed by atoms with van der Waals surface area (Å²) in [6.07, 6.45) is 5.81. The zero-order valence-electron chi connectivity index (χ0n) is 12.9. The Hall–Kier alpha value is -1.87. The number of nitrogens with two attached hydrogens (primary N) is 1. The topological polar surface area (TPSA) is 38.9 Å². The lowest BCUT2D eigenvalue weighted by molar-refractivity contribution is 0.700. The second kappa shape index (κ2) is 5.40. The first-order valence-electron chi connectivity index (χ1n) is 7.97. The third-order valence-corrected chi connectivity index (χ3v) is 5.86. The van der Waals surface area contributed by atoms with E-state index in [1.54, 1.807) is 0 Å². The number of hydrogen-bond donors (Lipinski definition) is 1. The maximum atomic E-state index is 6.60. The number of benzene rings is 1. The Kier molecular flexibility index (Phi) is 3.38. The molecular formula is C19H20N2S. The molecule has 112 valence electrons. The summed E-state index contributed by atoms with van der Waals surface area (Å²) in [5.74, 6) is 0. The van der Waals surface area contributed by atoms with E-state index < -0.39 is 0 Å². The first kappa shape index (κ1) is 13.8. The van der Waals surface area contributed by atoms with Gasteiger partial charge in [-0.3, -0.25) is 0 Å². The number of nitrogen functional groups attached to an aromatic ring is 1. The molecule has 3 heteroatoms. The molecule has 2 aromatic heterocycles. The molecular weight excluding hydrogens is 288 g/mol. The molecule has 0 aliphatic heterocycles. The van der Waals surface area contributed by atoms with Gasteiger partial charge in [-0.2, -0.15) is 0 Å². The van der Waals surface area contributed by atoms with Crippen LogP contribution in [-0.4, -0.2) is 4.98 Å². The Morgan fingerprint density at radius 3 is 2.73 bits per heavy atom. The van der Waals surface area contributed by atoms with Crippen molar-refractivity contribution in [1.29, 1.82) is 0 Å². The molecule has 0 spiro atoms. The van der Waals surface area contributed by atoms with Crippen LogP contribution in [0.5, 0.6) is 0 Å². The van der Waals surface area contributed by atoms with Gasteiger partial charge in [0.2, 0.25) is 0 Å². The number of aryl methyl sites for hydroxylation is 3. The van der Waals surface area contributed by atoms with Crippen molar-refractivity contribution in [2.75, 3.05) is 5.73 Å². The first-order valence-corrected chi connectivity index (χ1v) is 8.79. The first-order chi connectivity index (χ1) is 10.7. The van der Waals surface area contributed by atoms with Crippen LogP contribution in [0.2, 0.25) is 0 Å². The smallest absolute Gasteiger partial charge is 0.126 e. The summed E-state index contributed by atoms with van der Waals surface area (Å²) < 4.78 is 0. The number of fused-ring (bicyclic) bond motifs is 3. The molecule has 0 bridgehead atoms. The highest BCUT2D eigenvalue weighted by atomic mass is 32.1. The zero-order chi connectivity index (χ0) is 15.1. The van der Waals surface area contributed by atoms with Crippen LogP contribution in [0.1, 0.15) is 40.1 Å². The molecule has 3 aromatic rings. The molecule has 1 aromatic carbocycles. The normalized spacial score (nSPS) is 14.2. The van der Waals surface area contributed by atoms with Gasteiger partial charge in [-0.25, -0.2) is 4.98 Å². The highest BCUT2D eigenvalue weighted by Gasteiger charge is 2.21. The van der Waals surface area contributed by atoms with Gasteiger partial charge in [0.1, 0.15) is 4.83 Å². The van der Waals surface area contributed by atoms with Crippen LogP contribution in [0.3, 0.4) is 0 Å². The van der Waals surface area contributed by atoms with E-state index in [-0.39, 0.29) is 0 Å². The van der Waals surface area contributed by atoms with Crippen LogP contribution in [0.4, 0.5) is 5.69 Å². The molecule has 4 rings (SSSR count). The highest BCUT2D eigenvalue weighted by Crippen LogP contribution is 2.40. The summed E-state index contributed by atoms with van der Waals surface area (Å²) in [5, 5.41) is 1.25. The fourth-order valence-corrected chi connectivity index (χ4v) is 4.82. The quantitative estimate of drug-likeness (QED) is 0.748. The van der Waals surface area contributed by atoms with Gasteiger partial charge in [-0.15, -0.1) is 11.3 Å². The van der Waals surface area contributed by atoms with Gasteiger partial charge in [0, 0.05) is 33.6 Å². The second-order valence-corrected chi connectivity index (χ2v) is 7.23. The minimum atomic E-state index is 0.867. The second-order valence-electron chi connectivity index (χ2n) is 6.14. The largest absolute Gasteiger partial charge is 0.398 e. The van der Waals surface area contributed by atoms with E-state index in [4.69, 9.17) is 10.7 Å². The average molecular weight is 308 g/mol. The number of pyridine rings is 1. The highest BCUT2D eigenvalue weighted by molar-refractivity contribution is 7.19. The van der Waals surface area contributed by atoms with Gasteiger partial charge in [0.15, 0.2) is 0 Å². The number of rotatable bonds is 2. The van der Waals surface area contributed by atoms with Gasteiger partial charge in [0.05, 0.1) is 0 Å². The number of anilines is 1. The molecule has 1 aliphatic rings. The molecule has 0 amide bonds. The van der Waals surface area contributed by atoms with Crippen molar-refractivity contribution in [2.24, 2.45) is 0 Å². The van der Waals surface area contributed by atoms with Crippen molar-refractivity contribution in [2.45, 2.75) is 39.0 Å². The number of nitrogens with zero attached hydrogens (tertiary/aromatic N) is 1. The van der Waals surface area contributed by atoms with Crippen molar-refractivity contribution in [3.8, 4) is 0 Å². The summed E-state index contributed by atoms with van der Waals surface area (Å²) in [5.41, 5.74) is 12.6. The van der Waals surface area contributed by atoms with Crippen LogP contribution in [0, 0.1) is 6.92 Å². The minimum Gasteiger partial charge on any atom is -0.398 e. The van der Waals surface area contributed by atoms with Crippen molar-refractivity contribution in [3.63, 3.8) is 0 Å². The van der Waals surface area contributed by atoms with E-state index in [1.807, 2.05) is 11.3 Å². The molecule has 22 heavy (non-hydrogen) atoms. The molecule has 2 nitrogen and oxygen atoms in total. The van der Waals surface area contributed by atoms with Crippen molar-refractivity contribution < 1.29 is 0 Å². The molecule has 0 atom stereocenters. The Morgan fingerprint density at radius 1 is 1.14 bits per heavy atom. The lowest BCUT2D eigenvalue weighted by atomic mass is 9.94. The average Bonchev–Trinajstić information content (AvgIpc) is 2.90. The summed E-state index contributed by atoms with van der Waals surface area (Å²) in [7, 11) is 0. The molecule has 2 N–H and O–H groups in total. The Bertz CT molecular complexity index is 834. The van der Waals surface area contributed by atoms with Gasteiger partial charge in [0.25, 0.3) is 0 Å². The third-order valence-electron chi connectivity index (χ3n) is 4.68. The van der Waals surface area contributed by atoms with Crippen LogP contribution in [-0.2, 0) is 19.3 Å². The van der Waals surface area contributed by atoms with Crippen molar-refractivity contribution >= 4 is 27.2 Å². The fourth-order valence-electron chi connectivity index (χ4n) is 3.50. The standard InChI is InChI=1S/C19H20N2S/c1-12-15(11-13-7-3-2-4-8-13)18(20)17-14-9-5-6-10-16(14)22-19(17)21-12/h2-4,7-8H,5-6,9-11H2,1H3,(H2,20,21). The summed E-state index contributed by atoms with van der Waals surface area (Å²) >= 11 is 1.85. The van der Waals surface area contributed by atoms with E-state index in [2.05, 4.69) is 37.3 Å². The van der Waals surface area contributed by atoms with Gasteiger partial charge >= 0.3 is 0 Å². The van der Waals surface area contributed by atoms with E-state index in [1.165, 1.54) is 46.2 Å². The minimum absolute atomic E-state index is 0.867. The number of hydrogen-bond acceptors (Lipinski definition) is 3. The molecule has 0 saturated heterocycles. The number of aromatic nitrogens is 1. The van der Waals surface area contributed by atoms with E-state index in [0.717, 1.165) is 29.1 Å². The van der Waals surface area contributed by atoms with Crippen LogP contribution in [0.15, 0.2) is 30.3 Å². The Morgan fingerprint density at radius 2 is 1.91 bits per heavy atom. The molecule has 0 saturated carbocycles. The predicted octanol–water partition coefficient (Wildman–Crippen LogP) is 4.66. The Labute approximate surface area is 135 Å². The lowest BCUT2D eigenvalue weighted by Gasteiger charge is -2.14. The lowest BCUT2D eigenvalue weighted by Crippen LogP contribution is -2.04. The van der Waals surface area contributed by atoms with Crippen LogP contribution >= 0.6 is 11.3 Å². The van der Waals surface area contributed by atoms with Gasteiger partial charge in [-0.1, -0.05) is 30.3 Å². The van der Waals surface area contributed by atoms with Crippen LogP contribution < -0.4 is 5.73 Å². The third kappa shape index (κ3) is 2.20. The van der Waals surface area contributed by atoms with Crippen LogP contribution in [0.25, 0.3) is 10.2 Å². The molecule has 1 aliphatic carbocycles. The SMILES string of the molecule is Cc1nc2sc3c(c2c(N)c1Cc1ccccc1)CCCC3. The molecule has 0 fully saturated rings.